The monoisotopic (exact) mass is 212 g/mol. The van der Waals surface area contributed by atoms with Crippen molar-refractivity contribution in [2.24, 2.45) is 11.8 Å². The van der Waals surface area contributed by atoms with E-state index in [0.29, 0.717) is 5.92 Å². The first-order valence-corrected chi connectivity index (χ1v) is 6.97. The lowest BCUT2D eigenvalue weighted by Gasteiger charge is -2.34. The molecule has 1 fully saturated rings. The van der Waals surface area contributed by atoms with Gasteiger partial charge in [-0.2, -0.15) is 0 Å². The van der Waals surface area contributed by atoms with Gasteiger partial charge in [-0.1, -0.05) is 58.8 Å². The Hall–Kier alpha value is -0.0400. The zero-order valence-electron chi connectivity index (χ0n) is 10.5. The van der Waals surface area contributed by atoms with Crippen molar-refractivity contribution in [3.05, 3.63) is 0 Å². The zero-order chi connectivity index (χ0) is 11.1. The SMILES string of the molecule is CCCCCC(O)C1CCCCC1CC. The van der Waals surface area contributed by atoms with Crippen LogP contribution in [0.3, 0.4) is 0 Å². The van der Waals surface area contributed by atoms with Gasteiger partial charge in [0.2, 0.25) is 0 Å². The smallest absolute Gasteiger partial charge is 0.0571 e. The fourth-order valence-corrected chi connectivity index (χ4v) is 3.07. The Labute approximate surface area is 95.3 Å². The summed E-state index contributed by atoms with van der Waals surface area (Å²) in [7, 11) is 0. The maximum absolute atomic E-state index is 10.2. The topological polar surface area (TPSA) is 20.2 Å². The van der Waals surface area contributed by atoms with E-state index in [9.17, 15) is 5.11 Å². The minimum Gasteiger partial charge on any atom is -0.393 e. The van der Waals surface area contributed by atoms with Gasteiger partial charge in [0.25, 0.3) is 0 Å². The largest absolute Gasteiger partial charge is 0.393 e. The van der Waals surface area contributed by atoms with Gasteiger partial charge in [0, 0.05) is 0 Å². The number of unbranched alkanes of at least 4 members (excludes halogenated alkanes) is 2. The molecule has 0 saturated heterocycles. The van der Waals surface area contributed by atoms with Crippen LogP contribution in [0.2, 0.25) is 0 Å². The summed E-state index contributed by atoms with van der Waals surface area (Å²) in [6, 6.07) is 0. The van der Waals surface area contributed by atoms with Gasteiger partial charge >= 0.3 is 0 Å². The summed E-state index contributed by atoms with van der Waals surface area (Å²) in [6.07, 6.45) is 11.4. The van der Waals surface area contributed by atoms with Gasteiger partial charge in [-0.3, -0.25) is 0 Å². The van der Waals surface area contributed by atoms with E-state index in [1.54, 1.807) is 0 Å². The molecule has 1 aliphatic rings. The first-order chi connectivity index (χ1) is 7.29. The van der Waals surface area contributed by atoms with E-state index >= 15 is 0 Å². The number of rotatable bonds is 6. The fraction of sp³-hybridized carbons (Fsp3) is 1.00. The van der Waals surface area contributed by atoms with E-state index in [4.69, 9.17) is 0 Å². The van der Waals surface area contributed by atoms with Crippen LogP contribution in [0.4, 0.5) is 0 Å². The molecule has 1 saturated carbocycles. The van der Waals surface area contributed by atoms with E-state index in [1.807, 2.05) is 0 Å². The molecule has 1 aliphatic carbocycles. The lowest BCUT2D eigenvalue weighted by molar-refractivity contribution is 0.0384. The standard InChI is InChI=1S/C14H28O/c1-3-5-6-11-14(15)13-10-8-7-9-12(13)4-2/h12-15H,3-11H2,1-2H3. The molecule has 0 radical (unpaired) electrons. The molecule has 0 aliphatic heterocycles. The molecule has 1 rings (SSSR count). The Bertz CT molecular complexity index is 155. The second-order valence-corrected chi connectivity index (χ2v) is 5.18. The third-order valence-electron chi connectivity index (χ3n) is 4.09. The third-order valence-corrected chi connectivity index (χ3v) is 4.09. The maximum atomic E-state index is 10.2. The summed E-state index contributed by atoms with van der Waals surface area (Å²) in [6.45, 7) is 4.50. The number of hydrogen-bond acceptors (Lipinski definition) is 1. The summed E-state index contributed by atoms with van der Waals surface area (Å²) in [4.78, 5) is 0. The summed E-state index contributed by atoms with van der Waals surface area (Å²) < 4.78 is 0. The fourth-order valence-electron chi connectivity index (χ4n) is 3.07. The van der Waals surface area contributed by atoms with Crippen LogP contribution in [-0.2, 0) is 0 Å². The van der Waals surface area contributed by atoms with Crippen molar-refractivity contribution in [1.29, 1.82) is 0 Å². The van der Waals surface area contributed by atoms with Gasteiger partial charge in [0.1, 0.15) is 0 Å². The molecule has 0 heterocycles. The maximum Gasteiger partial charge on any atom is 0.0571 e. The van der Waals surface area contributed by atoms with Gasteiger partial charge in [-0.25, -0.2) is 0 Å². The van der Waals surface area contributed by atoms with Crippen molar-refractivity contribution in [2.75, 3.05) is 0 Å². The van der Waals surface area contributed by atoms with Crippen molar-refractivity contribution in [1.82, 2.24) is 0 Å². The lowest BCUT2D eigenvalue weighted by Crippen LogP contribution is -2.30. The van der Waals surface area contributed by atoms with Crippen LogP contribution in [0, 0.1) is 11.8 Å². The van der Waals surface area contributed by atoms with Crippen LogP contribution in [0.25, 0.3) is 0 Å². The third kappa shape index (κ3) is 4.14. The van der Waals surface area contributed by atoms with Gasteiger partial charge in [0.15, 0.2) is 0 Å². The first-order valence-electron chi connectivity index (χ1n) is 6.97. The number of aliphatic hydroxyl groups excluding tert-OH is 1. The zero-order valence-corrected chi connectivity index (χ0v) is 10.5. The van der Waals surface area contributed by atoms with E-state index in [2.05, 4.69) is 13.8 Å². The lowest BCUT2D eigenvalue weighted by atomic mass is 9.74. The summed E-state index contributed by atoms with van der Waals surface area (Å²) in [5, 5.41) is 10.2. The van der Waals surface area contributed by atoms with Crippen LogP contribution in [0.1, 0.15) is 71.6 Å². The van der Waals surface area contributed by atoms with Gasteiger partial charge in [0.05, 0.1) is 6.10 Å². The van der Waals surface area contributed by atoms with Crippen LogP contribution in [0.5, 0.6) is 0 Å². The normalized spacial score (nSPS) is 29.0. The molecule has 1 heteroatoms. The highest BCUT2D eigenvalue weighted by Gasteiger charge is 2.28. The molecule has 1 N–H and O–H groups in total. The van der Waals surface area contributed by atoms with E-state index in [0.717, 1.165) is 12.3 Å². The van der Waals surface area contributed by atoms with Crippen molar-refractivity contribution in [3.63, 3.8) is 0 Å². The molecule has 1 nitrogen and oxygen atoms in total. The van der Waals surface area contributed by atoms with Crippen molar-refractivity contribution in [3.8, 4) is 0 Å². The summed E-state index contributed by atoms with van der Waals surface area (Å²) >= 11 is 0. The van der Waals surface area contributed by atoms with E-state index in [-0.39, 0.29) is 6.10 Å². The summed E-state index contributed by atoms with van der Waals surface area (Å²) in [5.74, 6) is 1.41. The van der Waals surface area contributed by atoms with Crippen LogP contribution in [-0.4, -0.2) is 11.2 Å². The quantitative estimate of drug-likeness (QED) is 0.656. The van der Waals surface area contributed by atoms with Crippen molar-refractivity contribution in [2.45, 2.75) is 77.7 Å². The highest BCUT2D eigenvalue weighted by molar-refractivity contribution is 4.80. The van der Waals surface area contributed by atoms with Gasteiger partial charge in [-0.15, -0.1) is 0 Å². The molecule has 0 bridgehead atoms. The number of hydrogen-bond donors (Lipinski definition) is 1. The minimum atomic E-state index is -0.0122. The van der Waals surface area contributed by atoms with Gasteiger partial charge < -0.3 is 5.11 Å². The molecule has 0 aromatic rings. The molecule has 15 heavy (non-hydrogen) atoms. The van der Waals surface area contributed by atoms with Gasteiger partial charge in [-0.05, 0) is 24.7 Å². The minimum absolute atomic E-state index is 0.0122. The van der Waals surface area contributed by atoms with Crippen molar-refractivity contribution < 1.29 is 5.11 Å². The average Bonchev–Trinajstić information content (AvgIpc) is 2.29. The second kappa shape index (κ2) is 7.27. The first kappa shape index (κ1) is 13.0. The molecular weight excluding hydrogens is 184 g/mol. The molecule has 0 amide bonds. The molecule has 3 atom stereocenters. The van der Waals surface area contributed by atoms with Crippen LogP contribution < -0.4 is 0 Å². The highest BCUT2D eigenvalue weighted by atomic mass is 16.3. The van der Waals surface area contributed by atoms with Crippen LogP contribution >= 0.6 is 0 Å². The molecule has 0 aromatic heterocycles. The van der Waals surface area contributed by atoms with Crippen LogP contribution in [0.15, 0.2) is 0 Å². The molecule has 0 spiro atoms. The highest BCUT2D eigenvalue weighted by Crippen LogP contribution is 2.35. The Morgan fingerprint density at radius 2 is 1.87 bits per heavy atom. The average molecular weight is 212 g/mol. The van der Waals surface area contributed by atoms with Crippen molar-refractivity contribution >= 4 is 0 Å². The molecular formula is C14H28O. The Morgan fingerprint density at radius 3 is 2.53 bits per heavy atom. The summed E-state index contributed by atoms with van der Waals surface area (Å²) in [5.41, 5.74) is 0. The van der Waals surface area contributed by atoms with E-state index < -0.39 is 0 Å². The molecule has 3 unspecified atom stereocenters. The van der Waals surface area contributed by atoms with E-state index in [1.165, 1.54) is 51.4 Å². The predicted molar refractivity (Wildman–Crippen MR) is 65.9 cm³/mol. The number of aliphatic hydroxyl groups is 1. The second-order valence-electron chi connectivity index (χ2n) is 5.18. The Balaban J connectivity index is 2.31. The predicted octanol–water partition coefficient (Wildman–Crippen LogP) is 4.14. The Morgan fingerprint density at radius 1 is 1.13 bits per heavy atom. The molecule has 90 valence electrons. The Kier molecular flexibility index (Phi) is 6.31. The molecule has 0 aromatic carbocycles.